The fourth-order valence-electron chi connectivity index (χ4n) is 0.842. The summed E-state index contributed by atoms with van der Waals surface area (Å²) < 4.78 is 40.4. The van der Waals surface area contributed by atoms with E-state index in [4.69, 9.17) is 4.42 Å². The van der Waals surface area contributed by atoms with Crippen molar-refractivity contribution in [3.05, 3.63) is 18.4 Å². The maximum absolute atomic E-state index is 11.9. The summed E-state index contributed by atoms with van der Waals surface area (Å²) in [5.41, 5.74) is 0. The van der Waals surface area contributed by atoms with E-state index in [2.05, 4.69) is 4.98 Å². The molecule has 0 saturated carbocycles. The Morgan fingerprint density at radius 2 is 2.29 bits per heavy atom. The van der Waals surface area contributed by atoms with Crippen molar-refractivity contribution in [2.45, 2.75) is 12.7 Å². The van der Waals surface area contributed by atoms with Gasteiger partial charge in [0.05, 0.1) is 12.7 Å². The molecule has 0 aliphatic rings. The predicted molar refractivity (Wildman–Crippen MR) is 39.0 cm³/mol. The van der Waals surface area contributed by atoms with Crippen LogP contribution < -0.4 is 0 Å². The van der Waals surface area contributed by atoms with E-state index in [1.807, 2.05) is 0 Å². The molecule has 0 spiro atoms. The molecule has 1 aromatic rings. The number of alkyl halides is 3. The average Bonchev–Trinajstić information content (AvgIpc) is 2.53. The van der Waals surface area contributed by atoms with Gasteiger partial charge in [-0.2, -0.15) is 13.2 Å². The van der Waals surface area contributed by atoms with Crippen molar-refractivity contribution in [2.75, 3.05) is 7.05 Å². The van der Waals surface area contributed by atoms with Gasteiger partial charge in [0, 0.05) is 7.05 Å². The molecule has 0 fully saturated rings. The molecule has 1 aromatic heterocycles. The first kappa shape index (κ1) is 10.6. The summed E-state index contributed by atoms with van der Waals surface area (Å²) in [7, 11) is 1.04. The van der Waals surface area contributed by atoms with E-state index in [-0.39, 0.29) is 12.3 Å². The molecule has 1 amide bonds. The van der Waals surface area contributed by atoms with Crippen molar-refractivity contribution in [1.82, 2.24) is 9.88 Å². The zero-order valence-electron chi connectivity index (χ0n) is 7.21. The molecule has 0 atom stereocenters. The molecule has 0 unspecified atom stereocenters. The van der Waals surface area contributed by atoms with Gasteiger partial charge in [-0.15, -0.1) is 0 Å². The molecule has 0 aromatic carbocycles. The van der Waals surface area contributed by atoms with Gasteiger partial charge in [-0.3, -0.25) is 4.79 Å². The van der Waals surface area contributed by atoms with Crippen LogP contribution in [0.2, 0.25) is 0 Å². The largest absolute Gasteiger partial charge is 0.471 e. The summed E-state index contributed by atoms with van der Waals surface area (Å²) in [6.07, 6.45) is -2.52. The van der Waals surface area contributed by atoms with Crippen LogP contribution in [0.15, 0.2) is 17.0 Å². The topological polar surface area (TPSA) is 46.3 Å². The fraction of sp³-hybridized carbons (Fsp3) is 0.429. The summed E-state index contributed by atoms with van der Waals surface area (Å²) in [4.78, 5) is 14.7. The number of rotatable bonds is 2. The number of carbonyl (C=O) groups is 1. The Balaban J connectivity index is 2.59. The third-order valence-corrected chi connectivity index (χ3v) is 1.47. The number of hydrogen-bond donors (Lipinski definition) is 0. The number of hydrogen-bond acceptors (Lipinski definition) is 3. The highest BCUT2D eigenvalue weighted by molar-refractivity contribution is 5.81. The Kier molecular flexibility index (Phi) is 2.78. The van der Waals surface area contributed by atoms with Crippen molar-refractivity contribution in [3.63, 3.8) is 0 Å². The second-order valence-electron chi connectivity index (χ2n) is 2.63. The molecule has 7 heteroatoms. The van der Waals surface area contributed by atoms with Crippen LogP contribution in [0, 0.1) is 0 Å². The first-order chi connectivity index (χ1) is 6.41. The maximum Gasteiger partial charge on any atom is 0.471 e. The molecule has 0 saturated heterocycles. The average molecular weight is 208 g/mol. The summed E-state index contributed by atoms with van der Waals surface area (Å²) in [5, 5.41) is 0. The third kappa shape index (κ3) is 2.48. The minimum Gasteiger partial charge on any atom is -0.447 e. The van der Waals surface area contributed by atoms with Gasteiger partial charge < -0.3 is 9.32 Å². The van der Waals surface area contributed by atoms with E-state index in [0.29, 0.717) is 4.90 Å². The van der Waals surface area contributed by atoms with Crippen LogP contribution >= 0.6 is 0 Å². The Bertz CT molecular complexity index is 307. The van der Waals surface area contributed by atoms with E-state index in [1.54, 1.807) is 0 Å². The lowest BCUT2D eigenvalue weighted by Gasteiger charge is -2.16. The van der Waals surface area contributed by atoms with Gasteiger partial charge in [0.2, 0.25) is 0 Å². The highest BCUT2D eigenvalue weighted by Crippen LogP contribution is 2.18. The lowest BCUT2D eigenvalue weighted by molar-refractivity contribution is -0.184. The Labute approximate surface area is 77.3 Å². The minimum atomic E-state index is -4.85. The molecule has 0 bridgehead atoms. The maximum atomic E-state index is 11.9. The van der Waals surface area contributed by atoms with Gasteiger partial charge >= 0.3 is 12.1 Å². The van der Waals surface area contributed by atoms with E-state index in [1.165, 1.54) is 6.20 Å². The zero-order chi connectivity index (χ0) is 10.8. The minimum absolute atomic E-state index is 0.199. The molecule has 0 N–H and O–H groups in total. The first-order valence-corrected chi connectivity index (χ1v) is 3.61. The Morgan fingerprint density at radius 1 is 1.64 bits per heavy atom. The van der Waals surface area contributed by atoms with Crippen LogP contribution in [-0.4, -0.2) is 29.0 Å². The van der Waals surface area contributed by atoms with Crippen molar-refractivity contribution in [1.29, 1.82) is 0 Å². The third-order valence-electron chi connectivity index (χ3n) is 1.47. The number of oxazole rings is 1. The summed E-state index contributed by atoms with van der Waals surface area (Å²) in [6, 6.07) is 0. The van der Waals surface area contributed by atoms with Gasteiger partial charge in [0.15, 0.2) is 6.39 Å². The molecule has 0 radical (unpaired) electrons. The SMILES string of the molecule is CN(Cc1cnco1)C(=O)C(F)(F)F. The zero-order valence-corrected chi connectivity index (χ0v) is 7.21. The van der Waals surface area contributed by atoms with Crippen LogP contribution in [-0.2, 0) is 11.3 Å². The standard InChI is InChI=1S/C7H7F3N2O2/c1-12(6(13)7(8,9)10)3-5-2-11-4-14-5/h2,4H,3H2,1H3. The van der Waals surface area contributed by atoms with Gasteiger partial charge in [-0.1, -0.05) is 0 Å². The predicted octanol–water partition coefficient (Wildman–Crippen LogP) is 1.20. The van der Waals surface area contributed by atoms with Crippen molar-refractivity contribution >= 4 is 5.91 Å². The summed E-state index contributed by atoms with van der Waals surface area (Å²) in [6.45, 7) is -0.252. The van der Waals surface area contributed by atoms with Crippen LogP contribution in [0.3, 0.4) is 0 Å². The van der Waals surface area contributed by atoms with Crippen molar-refractivity contribution in [2.24, 2.45) is 0 Å². The monoisotopic (exact) mass is 208 g/mol. The lowest BCUT2D eigenvalue weighted by atomic mass is 10.4. The smallest absolute Gasteiger partial charge is 0.447 e. The summed E-state index contributed by atoms with van der Waals surface area (Å²) in [5.74, 6) is -1.71. The number of nitrogens with zero attached hydrogens (tertiary/aromatic N) is 2. The molecule has 14 heavy (non-hydrogen) atoms. The van der Waals surface area contributed by atoms with Gasteiger partial charge in [-0.05, 0) is 0 Å². The van der Waals surface area contributed by atoms with E-state index in [0.717, 1.165) is 13.4 Å². The normalized spacial score (nSPS) is 11.4. The number of halogens is 3. The van der Waals surface area contributed by atoms with E-state index < -0.39 is 12.1 Å². The molecule has 4 nitrogen and oxygen atoms in total. The Morgan fingerprint density at radius 3 is 2.71 bits per heavy atom. The van der Waals surface area contributed by atoms with Gasteiger partial charge in [0.25, 0.3) is 0 Å². The molecule has 0 aliphatic carbocycles. The van der Waals surface area contributed by atoms with Crippen molar-refractivity contribution < 1.29 is 22.4 Å². The molecule has 1 heterocycles. The van der Waals surface area contributed by atoms with Crippen LogP contribution in [0.4, 0.5) is 13.2 Å². The second-order valence-corrected chi connectivity index (χ2v) is 2.63. The van der Waals surface area contributed by atoms with Gasteiger partial charge in [0.1, 0.15) is 5.76 Å². The van der Waals surface area contributed by atoms with Crippen molar-refractivity contribution in [3.8, 4) is 0 Å². The quantitative estimate of drug-likeness (QED) is 0.733. The molecule has 0 aliphatic heterocycles. The molecular formula is C7H7F3N2O2. The van der Waals surface area contributed by atoms with Crippen LogP contribution in [0.1, 0.15) is 5.76 Å². The second kappa shape index (κ2) is 3.69. The highest BCUT2D eigenvalue weighted by atomic mass is 19.4. The van der Waals surface area contributed by atoms with E-state index in [9.17, 15) is 18.0 Å². The Hall–Kier alpha value is -1.53. The molecule has 1 rings (SSSR count). The van der Waals surface area contributed by atoms with E-state index >= 15 is 0 Å². The van der Waals surface area contributed by atoms with Gasteiger partial charge in [-0.25, -0.2) is 4.98 Å². The summed E-state index contributed by atoms with van der Waals surface area (Å²) >= 11 is 0. The molecule has 78 valence electrons. The number of carbonyl (C=O) groups excluding carboxylic acids is 1. The number of amides is 1. The lowest BCUT2D eigenvalue weighted by Crippen LogP contribution is -2.37. The first-order valence-electron chi connectivity index (χ1n) is 3.61. The van der Waals surface area contributed by atoms with Crippen LogP contribution in [0.5, 0.6) is 0 Å². The number of aromatic nitrogens is 1. The highest BCUT2D eigenvalue weighted by Gasteiger charge is 2.41. The molecular weight excluding hydrogens is 201 g/mol. The van der Waals surface area contributed by atoms with Crippen LogP contribution in [0.25, 0.3) is 0 Å². The fourth-order valence-corrected chi connectivity index (χ4v) is 0.842.